The van der Waals surface area contributed by atoms with Crippen molar-refractivity contribution in [1.29, 1.82) is 0 Å². The molecule has 0 aliphatic heterocycles. The Balaban J connectivity index is 1.80. The molecule has 0 saturated carbocycles. The van der Waals surface area contributed by atoms with E-state index in [1.54, 1.807) is 16.2 Å². The molecule has 0 atom stereocenters. The maximum atomic E-state index is 12.9. The summed E-state index contributed by atoms with van der Waals surface area (Å²) in [5, 5.41) is 2.74. The van der Waals surface area contributed by atoms with Crippen molar-refractivity contribution < 1.29 is 9.53 Å². The molecule has 0 fully saturated rings. The number of aryl methyl sites for hydroxylation is 3. The monoisotopic (exact) mass is 447 g/mol. The predicted octanol–water partition coefficient (Wildman–Crippen LogP) is 4.09. The highest BCUT2D eigenvalue weighted by Gasteiger charge is 2.18. The van der Waals surface area contributed by atoms with Gasteiger partial charge in [-0.15, -0.1) is 0 Å². The summed E-state index contributed by atoms with van der Waals surface area (Å²) in [5.74, 6) is 0.185. The molecule has 8 heteroatoms. The second-order valence-corrected chi connectivity index (χ2v) is 8.11. The summed E-state index contributed by atoms with van der Waals surface area (Å²) in [6, 6.07) is 14.0. The minimum absolute atomic E-state index is 0.0545. The van der Waals surface area contributed by atoms with Gasteiger partial charge in [-0.2, -0.15) is 0 Å². The third kappa shape index (κ3) is 4.61. The van der Waals surface area contributed by atoms with Gasteiger partial charge in [0.15, 0.2) is 0 Å². The summed E-state index contributed by atoms with van der Waals surface area (Å²) >= 11 is 0. The van der Waals surface area contributed by atoms with Crippen LogP contribution in [0.3, 0.4) is 0 Å². The molecule has 2 aromatic carbocycles. The third-order valence-corrected chi connectivity index (χ3v) is 5.60. The van der Waals surface area contributed by atoms with Crippen molar-refractivity contribution in [3.05, 3.63) is 58.5 Å². The van der Waals surface area contributed by atoms with Gasteiger partial charge >= 0.3 is 5.69 Å². The van der Waals surface area contributed by atoms with Gasteiger partial charge in [0.2, 0.25) is 11.9 Å². The molecule has 4 rings (SSSR count). The van der Waals surface area contributed by atoms with E-state index in [2.05, 4.69) is 21.4 Å². The van der Waals surface area contributed by atoms with Crippen LogP contribution in [0.25, 0.3) is 33.5 Å². The largest absolute Gasteiger partial charge is 0.382 e. The molecule has 172 valence electrons. The first-order valence-corrected chi connectivity index (χ1v) is 11.1. The van der Waals surface area contributed by atoms with Crippen molar-refractivity contribution in [3.63, 3.8) is 0 Å². The maximum absolute atomic E-state index is 12.9. The van der Waals surface area contributed by atoms with Crippen LogP contribution in [0.4, 0.5) is 5.95 Å². The van der Waals surface area contributed by atoms with Crippen molar-refractivity contribution in [3.8, 4) is 22.5 Å². The van der Waals surface area contributed by atoms with Crippen LogP contribution in [0.2, 0.25) is 0 Å². The molecular formula is C25H29N5O3. The van der Waals surface area contributed by atoms with E-state index in [1.807, 2.05) is 50.2 Å². The first-order valence-electron chi connectivity index (χ1n) is 11.1. The number of H-pyrrole nitrogens is 1. The lowest BCUT2D eigenvalue weighted by atomic mass is 10.0. The van der Waals surface area contributed by atoms with Crippen LogP contribution < -0.4 is 11.0 Å². The average Bonchev–Trinajstić information content (AvgIpc) is 3.30. The van der Waals surface area contributed by atoms with Crippen molar-refractivity contribution in [2.75, 3.05) is 18.5 Å². The Kier molecular flexibility index (Phi) is 6.46. The van der Waals surface area contributed by atoms with Crippen LogP contribution >= 0.6 is 0 Å². The van der Waals surface area contributed by atoms with E-state index in [4.69, 9.17) is 4.74 Å². The van der Waals surface area contributed by atoms with E-state index in [0.717, 1.165) is 45.5 Å². The van der Waals surface area contributed by atoms with Gasteiger partial charge < -0.3 is 9.72 Å². The van der Waals surface area contributed by atoms with Gasteiger partial charge in [-0.05, 0) is 38.5 Å². The van der Waals surface area contributed by atoms with Crippen LogP contribution in [0.5, 0.6) is 0 Å². The lowest BCUT2D eigenvalue weighted by Gasteiger charge is -2.06. The molecule has 0 saturated heterocycles. The average molecular weight is 448 g/mol. The Labute approximate surface area is 192 Å². The molecule has 4 aromatic rings. The number of aromatic nitrogens is 4. The van der Waals surface area contributed by atoms with Crippen molar-refractivity contribution in [2.45, 2.75) is 33.7 Å². The van der Waals surface area contributed by atoms with E-state index in [9.17, 15) is 9.59 Å². The van der Waals surface area contributed by atoms with Crippen LogP contribution in [0, 0.1) is 6.92 Å². The normalized spacial score (nSPS) is 11.3. The summed E-state index contributed by atoms with van der Waals surface area (Å²) in [7, 11) is 1.78. The van der Waals surface area contributed by atoms with E-state index in [0.29, 0.717) is 25.7 Å². The fraction of sp³-hybridized carbons (Fsp3) is 0.320. The Morgan fingerprint density at radius 2 is 1.97 bits per heavy atom. The Bertz CT molecular complexity index is 1360. The fourth-order valence-electron chi connectivity index (χ4n) is 4.06. The number of fused-ring (bicyclic) bond motifs is 1. The van der Waals surface area contributed by atoms with Gasteiger partial charge in [0.05, 0.1) is 22.4 Å². The number of carbonyl (C=O) groups excluding carboxylic acids is 1. The van der Waals surface area contributed by atoms with Gasteiger partial charge in [0.25, 0.3) is 0 Å². The highest BCUT2D eigenvalue weighted by atomic mass is 16.5. The molecular weight excluding hydrogens is 418 g/mol. The van der Waals surface area contributed by atoms with Crippen molar-refractivity contribution in [2.24, 2.45) is 7.05 Å². The molecule has 0 radical (unpaired) electrons. The Hall–Kier alpha value is -3.65. The first-order chi connectivity index (χ1) is 15.9. The fourth-order valence-corrected chi connectivity index (χ4v) is 4.06. The van der Waals surface area contributed by atoms with Crippen molar-refractivity contribution >= 4 is 22.9 Å². The predicted molar refractivity (Wildman–Crippen MR) is 130 cm³/mol. The first kappa shape index (κ1) is 22.5. The standard InChI is InChI=1S/C25H29N5O3/c1-5-33-13-7-12-30-20-11-10-19(15-21(20)29(4)25(30)32)23-22(18-9-6-8-16(2)14-18)27-24(28-23)26-17(3)31/h6,8-11,14-15H,5,7,12-13H2,1-4H3,(H2,26,27,28,31). The summed E-state index contributed by atoms with van der Waals surface area (Å²) in [5.41, 5.74) is 6.11. The van der Waals surface area contributed by atoms with Gasteiger partial charge in [0, 0.05) is 44.9 Å². The smallest absolute Gasteiger partial charge is 0.328 e. The Morgan fingerprint density at radius 3 is 2.70 bits per heavy atom. The van der Waals surface area contributed by atoms with E-state index >= 15 is 0 Å². The van der Waals surface area contributed by atoms with E-state index < -0.39 is 0 Å². The topological polar surface area (TPSA) is 93.9 Å². The zero-order valence-corrected chi connectivity index (χ0v) is 19.4. The highest BCUT2D eigenvalue weighted by molar-refractivity contribution is 5.90. The van der Waals surface area contributed by atoms with Gasteiger partial charge in [-0.3, -0.25) is 19.2 Å². The molecule has 0 aliphatic carbocycles. The molecule has 33 heavy (non-hydrogen) atoms. The second kappa shape index (κ2) is 9.46. The number of carbonyl (C=O) groups is 1. The molecule has 8 nitrogen and oxygen atoms in total. The number of aromatic amines is 1. The lowest BCUT2D eigenvalue weighted by Crippen LogP contribution is -2.22. The molecule has 2 N–H and O–H groups in total. The van der Waals surface area contributed by atoms with Crippen LogP contribution in [0.1, 0.15) is 25.8 Å². The molecule has 0 spiro atoms. The minimum Gasteiger partial charge on any atom is -0.382 e. The summed E-state index contributed by atoms with van der Waals surface area (Å²) in [6.07, 6.45) is 0.771. The minimum atomic E-state index is -0.201. The van der Waals surface area contributed by atoms with Crippen LogP contribution in [-0.2, 0) is 23.1 Å². The summed E-state index contributed by atoms with van der Waals surface area (Å²) in [6.45, 7) is 7.33. The lowest BCUT2D eigenvalue weighted by molar-refractivity contribution is -0.114. The zero-order chi connectivity index (χ0) is 23.5. The number of anilines is 1. The van der Waals surface area contributed by atoms with Crippen LogP contribution in [0.15, 0.2) is 47.3 Å². The molecule has 0 aliphatic rings. The number of hydrogen-bond donors (Lipinski definition) is 2. The SMILES string of the molecule is CCOCCCn1c(=O)n(C)c2cc(-c3[nH]c(NC(C)=O)nc3-c3cccc(C)c3)ccc21. The number of nitrogens with one attached hydrogen (secondary N) is 2. The Morgan fingerprint density at radius 1 is 1.15 bits per heavy atom. The number of rotatable bonds is 8. The molecule has 0 bridgehead atoms. The number of benzene rings is 2. The number of nitrogens with zero attached hydrogens (tertiary/aromatic N) is 3. The number of amides is 1. The van der Waals surface area contributed by atoms with E-state index in [1.165, 1.54) is 6.92 Å². The number of ether oxygens (including phenoxy) is 1. The molecule has 2 heterocycles. The summed E-state index contributed by atoms with van der Waals surface area (Å²) < 4.78 is 8.87. The van der Waals surface area contributed by atoms with Crippen LogP contribution in [-0.4, -0.2) is 38.2 Å². The number of hydrogen-bond acceptors (Lipinski definition) is 4. The highest BCUT2D eigenvalue weighted by Crippen LogP contribution is 2.33. The molecule has 1 amide bonds. The van der Waals surface area contributed by atoms with Gasteiger partial charge in [-0.25, -0.2) is 9.78 Å². The summed E-state index contributed by atoms with van der Waals surface area (Å²) in [4.78, 5) is 32.4. The zero-order valence-electron chi connectivity index (χ0n) is 19.4. The second-order valence-electron chi connectivity index (χ2n) is 8.11. The maximum Gasteiger partial charge on any atom is 0.328 e. The molecule has 0 unspecified atom stereocenters. The van der Waals surface area contributed by atoms with Crippen molar-refractivity contribution in [1.82, 2.24) is 19.1 Å². The molecule has 2 aromatic heterocycles. The third-order valence-electron chi connectivity index (χ3n) is 5.60. The van der Waals surface area contributed by atoms with E-state index in [-0.39, 0.29) is 11.6 Å². The van der Waals surface area contributed by atoms with Gasteiger partial charge in [-0.1, -0.05) is 29.8 Å². The van der Waals surface area contributed by atoms with Gasteiger partial charge in [0.1, 0.15) is 0 Å². The quantitative estimate of drug-likeness (QED) is 0.398. The number of imidazole rings is 2.